The number of hydrogen-bond donors (Lipinski definition) is 0. The van der Waals surface area contributed by atoms with E-state index < -0.39 is 5.41 Å². The van der Waals surface area contributed by atoms with Crippen molar-refractivity contribution in [1.29, 1.82) is 0 Å². The number of halogens is 2. The number of hydrogen-bond acceptors (Lipinski definition) is 2. The molecule has 0 radical (unpaired) electrons. The van der Waals surface area contributed by atoms with Crippen molar-refractivity contribution in [3.8, 4) is 0 Å². The van der Waals surface area contributed by atoms with Crippen LogP contribution in [0.25, 0.3) is 0 Å². The fraction of sp³-hybridized carbons (Fsp3) is 0.273. The molecule has 4 rings (SSSR count). The molecular weight excluding hydrogens is 495 g/mol. The summed E-state index contributed by atoms with van der Waals surface area (Å²) in [5.74, 6) is 0. The highest BCUT2D eigenvalue weighted by atomic mass is 35.5. The molecule has 0 aliphatic rings. The van der Waals surface area contributed by atoms with E-state index in [4.69, 9.17) is 23.2 Å². The van der Waals surface area contributed by atoms with E-state index >= 15 is 0 Å². The van der Waals surface area contributed by atoms with E-state index in [9.17, 15) is 0 Å². The van der Waals surface area contributed by atoms with Gasteiger partial charge in [-0.15, -0.1) is 0 Å². The van der Waals surface area contributed by atoms with Crippen molar-refractivity contribution in [2.45, 2.75) is 33.1 Å². The molecule has 0 unspecified atom stereocenters. The van der Waals surface area contributed by atoms with Gasteiger partial charge in [-0.3, -0.25) is 0 Å². The van der Waals surface area contributed by atoms with Gasteiger partial charge in [0.25, 0.3) is 0 Å². The predicted molar refractivity (Wildman–Crippen MR) is 162 cm³/mol. The van der Waals surface area contributed by atoms with Crippen molar-refractivity contribution in [2.24, 2.45) is 0 Å². The summed E-state index contributed by atoms with van der Waals surface area (Å²) in [6, 6.07) is 34.6. The van der Waals surface area contributed by atoms with Crippen LogP contribution in [0.15, 0.2) is 97.1 Å². The molecule has 0 spiro atoms. The Morgan fingerprint density at radius 3 is 0.919 bits per heavy atom. The maximum atomic E-state index is 6.37. The highest BCUT2D eigenvalue weighted by Crippen LogP contribution is 2.46. The molecule has 192 valence electrons. The second-order valence-electron chi connectivity index (χ2n) is 9.20. The molecule has 0 bridgehead atoms. The van der Waals surface area contributed by atoms with Crippen LogP contribution in [0.4, 0.5) is 11.4 Å². The lowest BCUT2D eigenvalue weighted by Gasteiger charge is -2.37. The Morgan fingerprint density at radius 1 is 0.432 bits per heavy atom. The van der Waals surface area contributed by atoms with Crippen LogP contribution in [0.3, 0.4) is 0 Å². The molecular formula is C33H36Cl2N2. The Hall–Kier alpha value is -2.94. The second-order valence-corrected chi connectivity index (χ2v) is 10.1. The summed E-state index contributed by atoms with van der Waals surface area (Å²) in [6.45, 7) is 12.7. The van der Waals surface area contributed by atoms with Gasteiger partial charge in [0.05, 0.1) is 5.41 Å². The van der Waals surface area contributed by atoms with Crippen molar-refractivity contribution < 1.29 is 0 Å². The lowest BCUT2D eigenvalue weighted by molar-refractivity contribution is 0.743. The molecule has 0 amide bonds. The highest BCUT2D eigenvalue weighted by Gasteiger charge is 2.38. The first-order valence-electron chi connectivity index (χ1n) is 13.2. The zero-order chi connectivity index (χ0) is 26.4. The maximum Gasteiger partial charge on any atom is 0.0701 e. The molecule has 4 heteroatoms. The van der Waals surface area contributed by atoms with Crippen molar-refractivity contribution in [1.82, 2.24) is 0 Å². The molecule has 0 saturated carbocycles. The Kier molecular flexibility index (Phi) is 8.84. The summed E-state index contributed by atoms with van der Waals surface area (Å²) in [5, 5.41) is 1.45. The van der Waals surface area contributed by atoms with Gasteiger partial charge < -0.3 is 9.80 Å². The van der Waals surface area contributed by atoms with Gasteiger partial charge >= 0.3 is 0 Å². The summed E-state index contributed by atoms with van der Waals surface area (Å²) in [6.07, 6.45) is 0. The van der Waals surface area contributed by atoms with Gasteiger partial charge in [-0.2, -0.15) is 0 Å². The summed E-state index contributed by atoms with van der Waals surface area (Å²) in [7, 11) is 0. The van der Waals surface area contributed by atoms with Crippen LogP contribution in [-0.2, 0) is 5.41 Å². The third-order valence-electron chi connectivity index (χ3n) is 7.41. The summed E-state index contributed by atoms with van der Waals surface area (Å²) >= 11 is 12.7. The van der Waals surface area contributed by atoms with E-state index in [-0.39, 0.29) is 0 Å². The molecule has 0 atom stereocenters. The smallest absolute Gasteiger partial charge is 0.0701 e. The van der Waals surface area contributed by atoms with E-state index in [1.807, 2.05) is 24.3 Å². The van der Waals surface area contributed by atoms with Gasteiger partial charge in [0.1, 0.15) is 0 Å². The Bertz CT molecular complexity index is 1150. The minimum atomic E-state index is -0.543. The summed E-state index contributed by atoms with van der Waals surface area (Å²) in [4.78, 5) is 4.74. The Morgan fingerprint density at radius 2 is 0.676 bits per heavy atom. The zero-order valence-corrected chi connectivity index (χ0v) is 23.7. The zero-order valence-electron chi connectivity index (χ0n) is 22.2. The molecule has 37 heavy (non-hydrogen) atoms. The minimum absolute atomic E-state index is 0.543. The van der Waals surface area contributed by atoms with Crippen LogP contribution in [0.2, 0.25) is 10.0 Å². The number of nitrogens with zero attached hydrogens (tertiary/aromatic N) is 2. The van der Waals surface area contributed by atoms with Crippen molar-refractivity contribution >= 4 is 34.6 Å². The van der Waals surface area contributed by atoms with Crippen LogP contribution in [-0.4, -0.2) is 26.2 Å². The van der Waals surface area contributed by atoms with E-state index in [1.54, 1.807) is 0 Å². The van der Waals surface area contributed by atoms with Crippen LogP contribution >= 0.6 is 23.2 Å². The molecule has 0 aromatic heterocycles. The molecule has 0 aliphatic heterocycles. The molecule has 4 aromatic rings. The van der Waals surface area contributed by atoms with Crippen molar-refractivity contribution in [3.63, 3.8) is 0 Å². The quantitative estimate of drug-likeness (QED) is 0.188. The topological polar surface area (TPSA) is 6.48 Å². The molecule has 4 aromatic carbocycles. The van der Waals surface area contributed by atoms with Crippen LogP contribution < -0.4 is 9.80 Å². The average Bonchev–Trinajstić information content (AvgIpc) is 2.94. The molecule has 0 aliphatic carbocycles. The molecule has 0 fully saturated rings. The first kappa shape index (κ1) is 27.1. The Labute approximate surface area is 232 Å². The van der Waals surface area contributed by atoms with E-state index in [0.717, 1.165) is 47.4 Å². The van der Waals surface area contributed by atoms with Crippen molar-refractivity contribution in [2.75, 3.05) is 36.0 Å². The number of rotatable bonds is 10. The van der Waals surface area contributed by atoms with Gasteiger partial charge in [-0.05, 0) is 98.5 Å². The minimum Gasteiger partial charge on any atom is -0.372 e. The average molecular weight is 532 g/mol. The lowest BCUT2D eigenvalue weighted by Crippen LogP contribution is -2.31. The van der Waals surface area contributed by atoms with E-state index in [0.29, 0.717) is 0 Å². The van der Waals surface area contributed by atoms with Gasteiger partial charge in [0.15, 0.2) is 0 Å². The van der Waals surface area contributed by atoms with E-state index in [2.05, 4.69) is 110 Å². The van der Waals surface area contributed by atoms with Crippen LogP contribution in [0, 0.1) is 0 Å². The number of anilines is 2. The van der Waals surface area contributed by atoms with Gasteiger partial charge in [0.2, 0.25) is 0 Å². The highest BCUT2D eigenvalue weighted by molar-refractivity contribution is 6.30. The Balaban J connectivity index is 2.01. The van der Waals surface area contributed by atoms with Crippen LogP contribution in [0.1, 0.15) is 49.9 Å². The lowest BCUT2D eigenvalue weighted by atomic mass is 9.65. The molecule has 0 saturated heterocycles. The molecule has 2 nitrogen and oxygen atoms in total. The largest absolute Gasteiger partial charge is 0.372 e. The summed E-state index contributed by atoms with van der Waals surface area (Å²) < 4.78 is 0. The first-order chi connectivity index (χ1) is 18.0. The van der Waals surface area contributed by atoms with Crippen molar-refractivity contribution in [3.05, 3.63) is 129 Å². The van der Waals surface area contributed by atoms with Gasteiger partial charge in [0, 0.05) is 47.6 Å². The third kappa shape index (κ3) is 5.37. The molecule has 0 N–H and O–H groups in total. The predicted octanol–water partition coefficient (Wildman–Crippen LogP) is 9.07. The fourth-order valence-corrected chi connectivity index (χ4v) is 5.67. The molecule has 0 heterocycles. The fourth-order valence-electron chi connectivity index (χ4n) is 5.42. The van der Waals surface area contributed by atoms with Gasteiger partial charge in [-0.1, -0.05) is 71.7 Å². The SMILES string of the molecule is CCN(CC)c1ccc(C(c2ccc(Cl)cc2)(c2ccc(Cl)cc2)c2ccc(N(CC)CC)cc2)cc1. The summed E-state index contributed by atoms with van der Waals surface area (Å²) in [5.41, 5.74) is 6.63. The first-order valence-corrected chi connectivity index (χ1v) is 14.0. The third-order valence-corrected chi connectivity index (χ3v) is 7.92. The normalized spacial score (nSPS) is 11.4. The van der Waals surface area contributed by atoms with Gasteiger partial charge in [-0.25, -0.2) is 0 Å². The standard InChI is InChI=1S/C33H36Cl2N2/c1-5-36(6-2)31-21-13-27(14-22-31)33(25-9-17-29(34)18-10-25,26-11-19-30(35)20-12-26)28-15-23-32(24-16-28)37(7-3)8-4/h9-24H,5-8H2,1-4H3. The van der Waals surface area contributed by atoms with E-state index in [1.165, 1.54) is 22.5 Å². The maximum absolute atomic E-state index is 6.37. The number of benzene rings is 4. The second kappa shape index (κ2) is 12.1. The monoisotopic (exact) mass is 530 g/mol. The van der Waals surface area contributed by atoms with Crippen LogP contribution in [0.5, 0.6) is 0 Å².